The first-order chi connectivity index (χ1) is 10.2. The van der Waals surface area contributed by atoms with E-state index in [1.807, 2.05) is 37.3 Å². The van der Waals surface area contributed by atoms with Crippen molar-refractivity contribution in [2.75, 3.05) is 6.61 Å². The molecule has 0 unspecified atom stereocenters. The summed E-state index contributed by atoms with van der Waals surface area (Å²) in [4.78, 5) is 4.33. The fraction of sp³-hybridized carbons (Fsp3) is 0.353. The van der Waals surface area contributed by atoms with E-state index in [0.29, 0.717) is 19.1 Å². The fourth-order valence-electron chi connectivity index (χ4n) is 1.90. The van der Waals surface area contributed by atoms with E-state index in [0.717, 1.165) is 34.7 Å². The third-order valence-corrected chi connectivity index (χ3v) is 3.43. The Morgan fingerprint density at radius 3 is 2.76 bits per heavy atom. The minimum atomic E-state index is 0.407. The number of ether oxygens (including phenoxy) is 2. The maximum absolute atomic E-state index is 5.97. The fourth-order valence-corrected chi connectivity index (χ4v) is 2.13. The van der Waals surface area contributed by atoms with Crippen LogP contribution in [0.4, 0.5) is 0 Å². The molecule has 2 aromatic rings. The summed E-state index contributed by atoms with van der Waals surface area (Å²) < 4.78 is 11.5. The maximum Gasteiger partial charge on any atom is 0.130 e. The van der Waals surface area contributed by atoms with Crippen LogP contribution in [0.1, 0.15) is 30.2 Å². The number of aromatic nitrogens is 1. The molecule has 21 heavy (non-hydrogen) atoms. The number of alkyl halides is 1. The second kappa shape index (κ2) is 7.89. The lowest BCUT2D eigenvalue weighted by atomic mass is 10.2. The van der Waals surface area contributed by atoms with Crippen LogP contribution in [0.3, 0.4) is 0 Å². The average Bonchev–Trinajstić information content (AvgIpc) is 2.52. The first-order valence-corrected chi connectivity index (χ1v) is 7.63. The number of rotatable bonds is 7. The van der Waals surface area contributed by atoms with Gasteiger partial charge in [0.25, 0.3) is 0 Å². The summed E-state index contributed by atoms with van der Waals surface area (Å²) in [7, 11) is 0. The molecule has 112 valence electrons. The zero-order chi connectivity index (χ0) is 15.1. The average molecular weight is 306 g/mol. The smallest absolute Gasteiger partial charge is 0.130 e. The van der Waals surface area contributed by atoms with Crippen molar-refractivity contribution in [3.63, 3.8) is 0 Å². The highest BCUT2D eigenvalue weighted by Crippen LogP contribution is 2.27. The van der Waals surface area contributed by atoms with Gasteiger partial charge in [0, 0.05) is 17.8 Å². The number of pyridine rings is 1. The van der Waals surface area contributed by atoms with Crippen LogP contribution in [0.2, 0.25) is 0 Å². The molecule has 0 aliphatic rings. The van der Waals surface area contributed by atoms with Gasteiger partial charge in [0.1, 0.15) is 18.1 Å². The zero-order valence-corrected chi connectivity index (χ0v) is 13.2. The lowest BCUT2D eigenvalue weighted by Gasteiger charge is -2.13. The van der Waals surface area contributed by atoms with Gasteiger partial charge in [-0.2, -0.15) is 0 Å². The van der Waals surface area contributed by atoms with Gasteiger partial charge in [-0.15, -0.1) is 11.6 Å². The molecular formula is C17H20ClNO2. The summed E-state index contributed by atoms with van der Waals surface area (Å²) in [6, 6.07) is 9.70. The minimum absolute atomic E-state index is 0.407. The third-order valence-electron chi connectivity index (χ3n) is 3.14. The van der Waals surface area contributed by atoms with Gasteiger partial charge < -0.3 is 9.47 Å². The van der Waals surface area contributed by atoms with Crippen LogP contribution in [0.15, 0.2) is 36.5 Å². The molecule has 3 nitrogen and oxygen atoms in total. The molecule has 0 amide bonds. The summed E-state index contributed by atoms with van der Waals surface area (Å²) in [5.41, 5.74) is 3.00. The van der Waals surface area contributed by atoms with Crippen molar-refractivity contribution in [3.05, 3.63) is 53.3 Å². The van der Waals surface area contributed by atoms with E-state index in [2.05, 4.69) is 11.9 Å². The Labute approximate surface area is 130 Å². The number of hydrogen-bond donors (Lipinski definition) is 0. The highest BCUT2D eigenvalue weighted by Gasteiger charge is 2.07. The Kier molecular flexibility index (Phi) is 5.88. The van der Waals surface area contributed by atoms with Crippen molar-refractivity contribution in [3.8, 4) is 11.5 Å². The maximum atomic E-state index is 5.97. The van der Waals surface area contributed by atoms with Crippen molar-refractivity contribution >= 4 is 11.6 Å². The van der Waals surface area contributed by atoms with Crippen LogP contribution < -0.4 is 9.47 Å². The molecule has 0 fully saturated rings. The van der Waals surface area contributed by atoms with Gasteiger partial charge in [-0.05, 0) is 31.0 Å². The SMILES string of the molecule is CCCOc1ccc(CCl)c(OCc2ncccc2C)c1. The molecule has 1 heterocycles. The first kappa shape index (κ1) is 15.6. The van der Waals surface area contributed by atoms with Crippen LogP contribution in [-0.2, 0) is 12.5 Å². The van der Waals surface area contributed by atoms with Gasteiger partial charge in [0.05, 0.1) is 18.2 Å². The second-order valence-electron chi connectivity index (χ2n) is 4.81. The molecule has 0 saturated carbocycles. The molecule has 0 spiro atoms. The van der Waals surface area contributed by atoms with E-state index in [1.54, 1.807) is 6.20 Å². The van der Waals surface area contributed by atoms with E-state index in [-0.39, 0.29) is 0 Å². The largest absolute Gasteiger partial charge is 0.493 e. The number of benzene rings is 1. The molecule has 0 aliphatic heterocycles. The summed E-state index contributed by atoms with van der Waals surface area (Å²) >= 11 is 5.97. The van der Waals surface area contributed by atoms with E-state index in [1.165, 1.54) is 0 Å². The van der Waals surface area contributed by atoms with Crippen molar-refractivity contribution in [2.24, 2.45) is 0 Å². The molecule has 0 bridgehead atoms. The predicted octanol–water partition coefficient (Wildman–Crippen LogP) is 4.50. The van der Waals surface area contributed by atoms with Crippen molar-refractivity contribution < 1.29 is 9.47 Å². The lowest BCUT2D eigenvalue weighted by molar-refractivity contribution is 0.289. The van der Waals surface area contributed by atoms with Crippen LogP contribution in [0, 0.1) is 6.92 Å². The molecule has 4 heteroatoms. The molecule has 1 aromatic carbocycles. The van der Waals surface area contributed by atoms with Gasteiger partial charge in [-0.3, -0.25) is 4.98 Å². The first-order valence-electron chi connectivity index (χ1n) is 7.09. The topological polar surface area (TPSA) is 31.4 Å². The van der Waals surface area contributed by atoms with Crippen LogP contribution in [-0.4, -0.2) is 11.6 Å². The summed E-state index contributed by atoms with van der Waals surface area (Å²) in [6.45, 7) is 5.22. The summed E-state index contributed by atoms with van der Waals surface area (Å²) in [5, 5.41) is 0. The lowest BCUT2D eigenvalue weighted by Crippen LogP contribution is -2.03. The van der Waals surface area contributed by atoms with Gasteiger partial charge in [0.15, 0.2) is 0 Å². The second-order valence-corrected chi connectivity index (χ2v) is 5.07. The Bertz CT molecular complexity index is 587. The van der Waals surface area contributed by atoms with Gasteiger partial charge >= 0.3 is 0 Å². The van der Waals surface area contributed by atoms with Crippen LogP contribution >= 0.6 is 11.6 Å². The van der Waals surface area contributed by atoms with Crippen LogP contribution in [0.5, 0.6) is 11.5 Å². The van der Waals surface area contributed by atoms with E-state index in [9.17, 15) is 0 Å². The van der Waals surface area contributed by atoms with Crippen LogP contribution in [0.25, 0.3) is 0 Å². The summed E-state index contributed by atoms with van der Waals surface area (Å²) in [5.74, 6) is 1.96. The van der Waals surface area contributed by atoms with Crippen molar-refractivity contribution in [1.29, 1.82) is 0 Å². The minimum Gasteiger partial charge on any atom is -0.493 e. The highest BCUT2D eigenvalue weighted by molar-refractivity contribution is 6.17. The molecule has 2 rings (SSSR count). The Hall–Kier alpha value is -1.74. The quantitative estimate of drug-likeness (QED) is 0.706. The molecule has 0 saturated heterocycles. The monoisotopic (exact) mass is 305 g/mol. The Morgan fingerprint density at radius 1 is 1.19 bits per heavy atom. The molecule has 0 atom stereocenters. The third kappa shape index (κ3) is 4.36. The Balaban J connectivity index is 2.12. The normalized spacial score (nSPS) is 10.4. The van der Waals surface area contributed by atoms with Gasteiger partial charge in [-0.1, -0.05) is 19.1 Å². The molecule has 0 radical (unpaired) electrons. The molecule has 1 aromatic heterocycles. The zero-order valence-electron chi connectivity index (χ0n) is 12.4. The number of hydrogen-bond acceptors (Lipinski definition) is 3. The van der Waals surface area contributed by atoms with E-state index >= 15 is 0 Å². The van der Waals surface area contributed by atoms with Crippen molar-refractivity contribution in [2.45, 2.75) is 32.8 Å². The predicted molar refractivity (Wildman–Crippen MR) is 85.1 cm³/mol. The molecular weight excluding hydrogens is 286 g/mol. The summed E-state index contributed by atoms with van der Waals surface area (Å²) in [6.07, 6.45) is 2.75. The standard InChI is InChI=1S/C17H20ClNO2/c1-3-9-20-15-7-6-14(11-18)17(10-15)21-12-16-13(2)5-4-8-19-16/h4-8,10H,3,9,11-12H2,1-2H3. The number of halogens is 1. The van der Waals surface area contributed by atoms with Crippen molar-refractivity contribution in [1.82, 2.24) is 4.98 Å². The molecule has 0 N–H and O–H groups in total. The van der Waals surface area contributed by atoms with E-state index < -0.39 is 0 Å². The number of aryl methyl sites for hydroxylation is 1. The highest BCUT2D eigenvalue weighted by atomic mass is 35.5. The van der Waals surface area contributed by atoms with Gasteiger partial charge in [0.2, 0.25) is 0 Å². The van der Waals surface area contributed by atoms with E-state index in [4.69, 9.17) is 21.1 Å². The molecule has 0 aliphatic carbocycles. The Morgan fingerprint density at radius 2 is 2.05 bits per heavy atom. The number of nitrogens with zero attached hydrogens (tertiary/aromatic N) is 1. The van der Waals surface area contributed by atoms with Gasteiger partial charge in [-0.25, -0.2) is 0 Å².